The first kappa shape index (κ1) is 26.8. The lowest BCUT2D eigenvalue weighted by atomic mass is 10.1. The Balaban J connectivity index is 2.01. The summed E-state index contributed by atoms with van der Waals surface area (Å²) in [5, 5.41) is 9.21. The van der Waals surface area contributed by atoms with Gasteiger partial charge in [0.2, 0.25) is 0 Å². The molecule has 10 heteroatoms. The van der Waals surface area contributed by atoms with Gasteiger partial charge in [0.1, 0.15) is 0 Å². The van der Waals surface area contributed by atoms with Gasteiger partial charge in [-0.25, -0.2) is 5.43 Å². The maximum atomic E-state index is 12.4. The Morgan fingerprint density at radius 1 is 1.18 bits per heavy atom. The van der Waals surface area contributed by atoms with Crippen molar-refractivity contribution >= 4 is 45.6 Å². The summed E-state index contributed by atoms with van der Waals surface area (Å²) in [6, 6.07) is 8.86. The highest BCUT2D eigenvalue weighted by atomic mass is 79.9. The van der Waals surface area contributed by atoms with E-state index in [4.69, 9.17) is 9.47 Å². The smallest absolute Gasteiger partial charge is 0.329 e. The number of hydrogen-bond donors (Lipinski definition) is 3. The molecule has 0 aromatic heterocycles. The van der Waals surface area contributed by atoms with Crippen molar-refractivity contribution in [3.05, 3.63) is 51.5 Å². The Morgan fingerprint density at radius 2 is 1.91 bits per heavy atom. The van der Waals surface area contributed by atoms with Crippen molar-refractivity contribution in [3.8, 4) is 11.5 Å². The minimum Gasteiger partial charge on any atom is -0.493 e. The van der Waals surface area contributed by atoms with Crippen molar-refractivity contribution in [3.63, 3.8) is 0 Å². The van der Waals surface area contributed by atoms with Crippen molar-refractivity contribution in [1.82, 2.24) is 10.7 Å². The lowest BCUT2D eigenvalue weighted by Gasteiger charge is -2.14. The molecule has 0 saturated carbocycles. The van der Waals surface area contributed by atoms with Gasteiger partial charge in [-0.15, -0.1) is 0 Å². The molecule has 0 heterocycles. The summed E-state index contributed by atoms with van der Waals surface area (Å²) in [5.41, 5.74) is 5.54. The fraction of sp³-hybridized carbons (Fsp3) is 0.333. The Kier molecular flexibility index (Phi) is 10.1. The molecule has 9 nitrogen and oxygen atoms in total. The van der Waals surface area contributed by atoms with Crippen LogP contribution in [0.5, 0.6) is 11.5 Å². The lowest BCUT2D eigenvalue weighted by Crippen LogP contribution is -2.41. The zero-order valence-electron chi connectivity index (χ0n) is 19.8. The van der Waals surface area contributed by atoms with Crippen molar-refractivity contribution in [2.45, 2.75) is 40.2 Å². The SMILES string of the molecule is CC[C@@H](C)NC(=O)C(=O)N/N=C\c1cc(Br)c(OCC(=O)Nc2cccc(C)c2C)c(OC)c1. The third kappa shape index (κ3) is 7.58. The highest BCUT2D eigenvalue weighted by Crippen LogP contribution is 2.36. The van der Waals surface area contributed by atoms with Crippen LogP contribution in [0.4, 0.5) is 5.69 Å². The summed E-state index contributed by atoms with van der Waals surface area (Å²) >= 11 is 3.41. The summed E-state index contributed by atoms with van der Waals surface area (Å²) in [5.74, 6) is -1.24. The normalized spacial score (nSPS) is 11.6. The van der Waals surface area contributed by atoms with Gasteiger partial charge in [0.05, 0.1) is 17.8 Å². The van der Waals surface area contributed by atoms with Gasteiger partial charge in [-0.1, -0.05) is 19.1 Å². The number of rotatable bonds is 9. The van der Waals surface area contributed by atoms with Crippen LogP contribution in [0.15, 0.2) is 39.9 Å². The predicted octanol–water partition coefficient (Wildman–Crippen LogP) is 3.46. The third-order valence-corrected chi connectivity index (χ3v) is 5.64. The molecule has 2 rings (SSSR count). The van der Waals surface area contributed by atoms with E-state index in [0.717, 1.165) is 16.8 Å². The van der Waals surface area contributed by atoms with Crippen LogP contribution >= 0.6 is 15.9 Å². The van der Waals surface area contributed by atoms with Crippen LogP contribution in [-0.4, -0.2) is 43.7 Å². The molecule has 0 saturated heterocycles. The number of anilines is 1. The van der Waals surface area contributed by atoms with Crippen molar-refractivity contribution in [1.29, 1.82) is 0 Å². The average molecular weight is 533 g/mol. The number of amides is 3. The molecular formula is C24H29BrN4O5. The van der Waals surface area contributed by atoms with Crippen LogP contribution in [0.1, 0.15) is 37.0 Å². The molecule has 3 amide bonds. The van der Waals surface area contributed by atoms with E-state index in [1.54, 1.807) is 19.1 Å². The number of aryl methyl sites for hydroxylation is 1. The van der Waals surface area contributed by atoms with Crippen LogP contribution in [0.2, 0.25) is 0 Å². The zero-order valence-corrected chi connectivity index (χ0v) is 21.4. The molecule has 0 aliphatic rings. The largest absolute Gasteiger partial charge is 0.493 e. The van der Waals surface area contributed by atoms with E-state index in [-0.39, 0.29) is 18.6 Å². The summed E-state index contributed by atoms with van der Waals surface area (Å²) in [6.45, 7) is 7.39. The van der Waals surface area contributed by atoms with Crippen LogP contribution in [0.25, 0.3) is 0 Å². The Labute approximate surface area is 207 Å². The predicted molar refractivity (Wildman–Crippen MR) is 134 cm³/mol. The van der Waals surface area contributed by atoms with Gasteiger partial charge in [0.25, 0.3) is 5.91 Å². The molecule has 0 bridgehead atoms. The number of carbonyl (C=O) groups excluding carboxylic acids is 3. The fourth-order valence-corrected chi connectivity index (χ4v) is 3.35. The topological polar surface area (TPSA) is 118 Å². The average Bonchev–Trinajstić information content (AvgIpc) is 2.80. The monoisotopic (exact) mass is 532 g/mol. The number of hydrogen-bond acceptors (Lipinski definition) is 6. The number of nitrogens with one attached hydrogen (secondary N) is 3. The second-order valence-electron chi connectivity index (χ2n) is 7.60. The number of ether oxygens (including phenoxy) is 2. The van der Waals surface area contributed by atoms with Gasteiger partial charge in [0, 0.05) is 11.7 Å². The van der Waals surface area contributed by atoms with E-state index in [1.165, 1.54) is 13.3 Å². The van der Waals surface area contributed by atoms with Gasteiger partial charge < -0.3 is 20.1 Å². The number of methoxy groups -OCH3 is 1. The van der Waals surface area contributed by atoms with E-state index in [2.05, 4.69) is 37.1 Å². The molecule has 2 aromatic carbocycles. The van der Waals surface area contributed by atoms with E-state index >= 15 is 0 Å². The molecule has 1 atom stereocenters. The number of nitrogens with zero attached hydrogens (tertiary/aromatic N) is 1. The standard InChI is InChI=1S/C24H29BrN4O5/c1-6-15(3)27-23(31)24(32)29-26-12-17-10-18(25)22(20(11-17)33-5)34-13-21(30)28-19-9-7-8-14(2)16(19)4/h7-12,15H,6,13H2,1-5H3,(H,27,31)(H,28,30)(H,29,32)/b26-12-/t15-/m1/s1. The van der Waals surface area contributed by atoms with E-state index < -0.39 is 11.8 Å². The molecule has 3 N–H and O–H groups in total. The molecule has 2 aromatic rings. The zero-order chi connectivity index (χ0) is 25.3. The number of hydrazone groups is 1. The Morgan fingerprint density at radius 3 is 2.59 bits per heavy atom. The molecular weight excluding hydrogens is 504 g/mol. The first-order valence-electron chi connectivity index (χ1n) is 10.7. The first-order chi connectivity index (χ1) is 16.2. The molecule has 0 radical (unpaired) electrons. The third-order valence-electron chi connectivity index (χ3n) is 5.05. The molecule has 0 fully saturated rings. The van der Waals surface area contributed by atoms with Gasteiger partial charge >= 0.3 is 11.8 Å². The van der Waals surface area contributed by atoms with Crippen molar-refractivity contribution < 1.29 is 23.9 Å². The summed E-state index contributed by atoms with van der Waals surface area (Å²) in [4.78, 5) is 36.0. The minimum absolute atomic E-state index is 0.113. The Hall–Kier alpha value is -3.40. The Bertz CT molecular complexity index is 1090. The minimum atomic E-state index is -0.864. The number of carbonyl (C=O) groups is 3. The molecule has 0 spiro atoms. The van der Waals surface area contributed by atoms with Crippen molar-refractivity contribution in [2.24, 2.45) is 5.10 Å². The van der Waals surface area contributed by atoms with Gasteiger partial charge in [0.15, 0.2) is 18.1 Å². The number of benzene rings is 2. The summed E-state index contributed by atoms with van der Waals surface area (Å²) in [6.07, 6.45) is 2.07. The maximum absolute atomic E-state index is 12.4. The van der Waals surface area contributed by atoms with Gasteiger partial charge in [-0.3, -0.25) is 14.4 Å². The first-order valence-corrected chi connectivity index (χ1v) is 11.5. The fourth-order valence-electron chi connectivity index (χ4n) is 2.77. The van der Waals surface area contributed by atoms with E-state index in [0.29, 0.717) is 28.0 Å². The summed E-state index contributed by atoms with van der Waals surface area (Å²) < 4.78 is 11.6. The molecule has 0 aliphatic carbocycles. The lowest BCUT2D eigenvalue weighted by molar-refractivity contribution is -0.139. The van der Waals surface area contributed by atoms with E-state index in [9.17, 15) is 14.4 Å². The van der Waals surface area contributed by atoms with Crippen LogP contribution in [0, 0.1) is 13.8 Å². The second-order valence-corrected chi connectivity index (χ2v) is 8.45. The molecule has 0 aliphatic heterocycles. The molecule has 182 valence electrons. The second kappa shape index (κ2) is 12.7. The highest BCUT2D eigenvalue weighted by molar-refractivity contribution is 9.10. The van der Waals surface area contributed by atoms with E-state index in [1.807, 2.05) is 39.0 Å². The van der Waals surface area contributed by atoms with Crippen LogP contribution in [-0.2, 0) is 14.4 Å². The van der Waals surface area contributed by atoms with Crippen LogP contribution in [0.3, 0.4) is 0 Å². The van der Waals surface area contributed by atoms with Crippen molar-refractivity contribution in [2.75, 3.05) is 19.0 Å². The highest BCUT2D eigenvalue weighted by Gasteiger charge is 2.16. The van der Waals surface area contributed by atoms with Gasteiger partial charge in [-0.2, -0.15) is 5.10 Å². The van der Waals surface area contributed by atoms with Crippen LogP contribution < -0.4 is 25.5 Å². The summed E-state index contributed by atoms with van der Waals surface area (Å²) in [7, 11) is 1.47. The maximum Gasteiger partial charge on any atom is 0.329 e. The molecule has 34 heavy (non-hydrogen) atoms. The number of halogens is 1. The molecule has 0 unspecified atom stereocenters. The quantitative estimate of drug-likeness (QED) is 0.259. The van der Waals surface area contributed by atoms with Gasteiger partial charge in [-0.05, 0) is 78.0 Å².